The summed E-state index contributed by atoms with van der Waals surface area (Å²) < 4.78 is 20.6. The van der Waals surface area contributed by atoms with Crippen LogP contribution in [0.1, 0.15) is 34.1 Å². The molecule has 0 rings (SSSR count). The molecule has 1 N–H and O–H groups in total. The van der Waals surface area contributed by atoms with Gasteiger partial charge < -0.3 is 4.89 Å². The molecule has 0 fully saturated rings. The fourth-order valence-electron chi connectivity index (χ4n) is 0.701. The van der Waals surface area contributed by atoms with E-state index in [1.807, 2.05) is 13.8 Å². The van der Waals surface area contributed by atoms with Gasteiger partial charge in [0.05, 0.1) is 12.7 Å². The van der Waals surface area contributed by atoms with Gasteiger partial charge in [-0.25, -0.2) is 4.57 Å². The van der Waals surface area contributed by atoms with Crippen molar-refractivity contribution in [2.45, 2.75) is 40.2 Å². The average Bonchev–Trinajstić information content (AvgIpc) is 1.81. The Labute approximate surface area is 111 Å². The third-order valence-corrected chi connectivity index (χ3v) is 2.49. The van der Waals surface area contributed by atoms with Crippen LogP contribution >= 0.6 is 7.82 Å². The molecule has 1 unspecified atom stereocenters. The molecular weight excluding hydrogens is 280 g/mol. The van der Waals surface area contributed by atoms with Crippen LogP contribution in [-0.2, 0) is 46.3 Å². The minimum atomic E-state index is -3.80. The number of rotatable bonds is 6. The maximum absolute atomic E-state index is 11.1. The Balaban J connectivity index is 0. The Hall–Kier alpha value is 1.21. The van der Waals surface area contributed by atoms with Gasteiger partial charge in [0, 0.05) is 32.7 Å². The number of phosphoric acid groups is 1. The molecule has 4 nitrogen and oxygen atoms in total. The molecule has 0 heterocycles. The second kappa shape index (κ2) is 8.38. The van der Waals surface area contributed by atoms with Gasteiger partial charge in [-0.2, -0.15) is 0 Å². The summed E-state index contributed by atoms with van der Waals surface area (Å²) in [7, 11) is -3.80. The van der Waals surface area contributed by atoms with Gasteiger partial charge in [0.1, 0.15) is 0 Å². The summed E-state index contributed by atoms with van der Waals surface area (Å²) in [5.41, 5.74) is 0. The summed E-state index contributed by atoms with van der Waals surface area (Å²) in [6, 6.07) is 0. The summed E-state index contributed by atoms with van der Waals surface area (Å²) in [5, 5.41) is 0. The zero-order valence-electron chi connectivity index (χ0n) is 9.27. The van der Waals surface area contributed by atoms with E-state index in [1.54, 1.807) is 13.8 Å². The molecule has 0 spiro atoms. The van der Waals surface area contributed by atoms with E-state index in [9.17, 15) is 4.57 Å². The monoisotopic (exact) mass is 299 g/mol. The van der Waals surface area contributed by atoms with E-state index in [4.69, 9.17) is 13.9 Å². The average molecular weight is 299 g/mol. The van der Waals surface area contributed by atoms with E-state index in [0.717, 1.165) is 6.42 Å². The van der Waals surface area contributed by atoms with E-state index >= 15 is 0 Å². The Morgan fingerprint density at radius 3 is 2.14 bits per heavy atom. The molecule has 0 aliphatic heterocycles. The summed E-state index contributed by atoms with van der Waals surface area (Å²) in [4.78, 5) is 9.11. The van der Waals surface area contributed by atoms with E-state index < -0.39 is 7.82 Å². The van der Waals surface area contributed by atoms with Crippen LogP contribution < -0.4 is 0 Å². The first-order valence-corrected chi connectivity index (χ1v) is 5.99. The van der Waals surface area contributed by atoms with Crippen molar-refractivity contribution in [2.24, 2.45) is 5.92 Å². The molecule has 14 heavy (non-hydrogen) atoms. The zero-order valence-corrected chi connectivity index (χ0v) is 13.0. The van der Waals surface area contributed by atoms with Gasteiger partial charge in [-0.3, -0.25) is 9.05 Å². The van der Waals surface area contributed by atoms with Crippen molar-refractivity contribution in [1.82, 2.24) is 0 Å². The normalized spacial score (nSPS) is 15.4. The first kappa shape index (κ1) is 17.6. The van der Waals surface area contributed by atoms with Gasteiger partial charge in [-0.05, 0) is 26.2 Å². The number of hydrogen-bond acceptors (Lipinski definition) is 3. The molecule has 0 aromatic rings. The zero-order chi connectivity index (χ0) is 10.5. The van der Waals surface area contributed by atoms with Crippen molar-refractivity contribution in [3.8, 4) is 0 Å². The second-order valence-corrected chi connectivity index (χ2v) is 5.04. The molecule has 0 amide bonds. The van der Waals surface area contributed by atoms with Crippen molar-refractivity contribution in [3.63, 3.8) is 0 Å². The third kappa shape index (κ3) is 11.3. The number of hydrogen-bond donors (Lipinski definition) is 1. The van der Waals surface area contributed by atoms with Crippen molar-refractivity contribution in [1.29, 1.82) is 0 Å². The fourth-order valence-corrected chi connectivity index (χ4v) is 1.63. The first-order valence-electron chi connectivity index (χ1n) is 4.49. The topological polar surface area (TPSA) is 55.8 Å². The Morgan fingerprint density at radius 2 is 1.79 bits per heavy atom. The molecule has 6 heteroatoms. The van der Waals surface area contributed by atoms with Crippen LogP contribution in [0.15, 0.2) is 0 Å². The Kier molecular flexibility index (Phi) is 10.5. The summed E-state index contributed by atoms with van der Waals surface area (Å²) in [5.74, 6) is 0.457. The molecule has 1 atom stereocenters. The molecule has 0 aliphatic carbocycles. The van der Waals surface area contributed by atoms with Crippen LogP contribution in [0.5, 0.6) is 0 Å². The standard InChI is InChI=1S/C8H19O4P.Y/c1-7(2)5-6-11-13(9,10)12-8(3)4;/h7-8H,5-6H2,1-4H3,(H,9,10);. The maximum atomic E-state index is 11.1. The summed E-state index contributed by atoms with van der Waals surface area (Å²) >= 11 is 0. The Bertz CT molecular complexity index is 184. The second-order valence-electron chi connectivity index (χ2n) is 3.64. The molecule has 0 aromatic heterocycles. The number of phosphoric ester groups is 1. The third-order valence-electron chi connectivity index (χ3n) is 1.29. The quantitative estimate of drug-likeness (QED) is 0.766. The SMILES string of the molecule is CC(C)CCOP(=O)(O)OC(C)C.[Y]. The van der Waals surface area contributed by atoms with Crippen LogP contribution in [0, 0.1) is 5.92 Å². The van der Waals surface area contributed by atoms with Crippen LogP contribution in [0.3, 0.4) is 0 Å². The molecular formula is C8H19O4PY. The first-order chi connectivity index (χ1) is 5.83. The Morgan fingerprint density at radius 1 is 1.29 bits per heavy atom. The molecule has 0 saturated carbocycles. The minimum Gasteiger partial charge on any atom is -0.302 e. The molecule has 0 aromatic carbocycles. The van der Waals surface area contributed by atoms with Crippen molar-refractivity contribution < 1.29 is 51.2 Å². The summed E-state index contributed by atoms with van der Waals surface area (Å²) in [6.07, 6.45) is 0.460. The van der Waals surface area contributed by atoms with Crippen LogP contribution in [0.2, 0.25) is 0 Å². The summed E-state index contributed by atoms with van der Waals surface area (Å²) in [6.45, 7) is 7.69. The van der Waals surface area contributed by atoms with Gasteiger partial charge in [-0.1, -0.05) is 13.8 Å². The fraction of sp³-hybridized carbons (Fsp3) is 1.00. The molecule has 83 valence electrons. The van der Waals surface area contributed by atoms with E-state index in [0.29, 0.717) is 5.92 Å². The van der Waals surface area contributed by atoms with Gasteiger partial charge in [0.25, 0.3) is 0 Å². The van der Waals surface area contributed by atoms with Crippen LogP contribution in [0.25, 0.3) is 0 Å². The smallest absolute Gasteiger partial charge is 0.302 e. The van der Waals surface area contributed by atoms with E-state index in [-0.39, 0.29) is 45.4 Å². The molecule has 1 radical (unpaired) electrons. The maximum Gasteiger partial charge on any atom is 0.472 e. The largest absolute Gasteiger partial charge is 0.472 e. The minimum absolute atomic E-state index is 0. The predicted octanol–water partition coefficient (Wildman–Crippen LogP) is 2.57. The van der Waals surface area contributed by atoms with Crippen LogP contribution in [0.4, 0.5) is 0 Å². The van der Waals surface area contributed by atoms with Crippen molar-refractivity contribution in [2.75, 3.05) is 6.61 Å². The van der Waals surface area contributed by atoms with Crippen molar-refractivity contribution >= 4 is 7.82 Å². The van der Waals surface area contributed by atoms with E-state index in [1.165, 1.54) is 0 Å². The molecule has 0 saturated heterocycles. The van der Waals surface area contributed by atoms with E-state index in [2.05, 4.69) is 0 Å². The van der Waals surface area contributed by atoms with Gasteiger partial charge in [-0.15, -0.1) is 0 Å². The van der Waals surface area contributed by atoms with Gasteiger partial charge in [0.15, 0.2) is 0 Å². The van der Waals surface area contributed by atoms with Crippen molar-refractivity contribution in [3.05, 3.63) is 0 Å². The molecule has 0 bridgehead atoms. The predicted molar refractivity (Wildman–Crippen MR) is 51.5 cm³/mol. The van der Waals surface area contributed by atoms with Gasteiger partial charge in [0.2, 0.25) is 0 Å². The molecule has 0 aliphatic rings. The van der Waals surface area contributed by atoms with Crippen LogP contribution in [-0.4, -0.2) is 17.6 Å². The van der Waals surface area contributed by atoms with Gasteiger partial charge >= 0.3 is 7.82 Å².